The number of thiocarbonyl (C=S) groups is 1. The van der Waals surface area contributed by atoms with Crippen LogP contribution in [0.5, 0.6) is 0 Å². The van der Waals surface area contributed by atoms with Gasteiger partial charge in [-0.25, -0.2) is 0 Å². The molecule has 1 aliphatic rings. The second kappa shape index (κ2) is 12.5. The maximum absolute atomic E-state index is 13.4. The van der Waals surface area contributed by atoms with Gasteiger partial charge in [0, 0.05) is 6.54 Å². The quantitative estimate of drug-likeness (QED) is 0.342. The van der Waals surface area contributed by atoms with Gasteiger partial charge in [0.2, 0.25) is 5.91 Å². The number of aryl methyl sites for hydroxylation is 1. The van der Waals surface area contributed by atoms with Crippen LogP contribution >= 0.6 is 12.2 Å². The van der Waals surface area contributed by atoms with Crippen molar-refractivity contribution in [1.29, 1.82) is 0 Å². The number of hydrogen-bond donors (Lipinski definition) is 2. The van der Waals surface area contributed by atoms with Crippen molar-refractivity contribution < 1.29 is 4.79 Å². The molecule has 0 radical (unpaired) electrons. The summed E-state index contributed by atoms with van der Waals surface area (Å²) in [5.74, 6) is 0.458. The predicted octanol–water partition coefficient (Wildman–Crippen LogP) is 5.29. The first-order chi connectivity index (χ1) is 15.6. The molecule has 2 N–H and O–H groups in total. The van der Waals surface area contributed by atoms with E-state index < -0.39 is 0 Å². The Kier molecular flexibility index (Phi) is 9.42. The summed E-state index contributed by atoms with van der Waals surface area (Å²) >= 11 is 5.67. The van der Waals surface area contributed by atoms with Crippen molar-refractivity contribution in [1.82, 2.24) is 10.6 Å². The Bertz CT molecular complexity index is 896. The van der Waals surface area contributed by atoms with Gasteiger partial charge in [0.1, 0.15) is 5.84 Å². The van der Waals surface area contributed by atoms with Crippen LogP contribution in [0.3, 0.4) is 0 Å². The predicted molar refractivity (Wildman–Crippen MR) is 137 cm³/mol. The number of rotatable bonds is 12. The SMILES string of the molecule is CC(C)C(C(=O)NC(CCCCCc1ccccc1)c1ccccc1)C(=S)C1=NCCN1. The molecule has 0 fully saturated rings. The van der Waals surface area contributed by atoms with Crippen LogP contribution in [-0.4, -0.2) is 29.7 Å². The number of carbonyl (C=O) groups excluding carboxylic acids is 1. The lowest BCUT2D eigenvalue weighted by molar-refractivity contribution is -0.124. The van der Waals surface area contributed by atoms with Crippen LogP contribution in [0.1, 0.15) is 56.7 Å². The molecule has 0 bridgehead atoms. The summed E-state index contributed by atoms with van der Waals surface area (Å²) < 4.78 is 0. The van der Waals surface area contributed by atoms with Crippen LogP contribution in [0.15, 0.2) is 65.7 Å². The first-order valence-electron chi connectivity index (χ1n) is 11.8. The van der Waals surface area contributed by atoms with Crippen LogP contribution in [0.2, 0.25) is 0 Å². The summed E-state index contributed by atoms with van der Waals surface area (Å²) in [5, 5.41) is 6.54. The summed E-state index contributed by atoms with van der Waals surface area (Å²) in [6.45, 7) is 5.61. The van der Waals surface area contributed by atoms with Gasteiger partial charge in [0.05, 0.1) is 23.4 Å². The van der Waals surface area contributed by atoms with Crippen molar-refractivity contribution in [2.45, 2.75) is 52.0 Å². The number of amides is 1. The van der Waals surface area contributed by atoms with Gasteiger partial charge in [0.25, 0.3) is 0 Å². The molecule has 1 amide bonds. The number of nitrogens with zero attached hydrogens (tertiary/aromatic N) is 1. The molecule has 1 heterocycles. The fourth-order valence-corrected chi connectivity index (χ4v) is 4.72. The Balaban J connectivity index is 1.60. The first kappa shape index (κ1) is 24.1. The molecule has 3 rings (SSSR count). The highest BCUT2D eigenvalue weighted by Crippen LogP contribution is 2.23. The monoisotopic (exact) mass is 449 g/mol. The van der Waals surface area contributed by atoms with Gasteiger partial charge in [-0.2, -0.15) is 0 Å². The summed E-state index contributed by atoms with van der Waals surface area (Å²) in [7, 11) is 0. The zero-order valence-electron chi connectivity index (χ0n) is 19.2. The van der Waals surface area contributed by atoms with Gasteiger partial charge in [-0.3, -0.25) is 9.79 Å². The van der Waals surface area contributed by atoms with E-state index in [1.807, 2.05) is 32.0 Å². The van der Waals surface area contributed by atoms with Crippen LogP contribution in [0.4, 0.5) is 0 Å². The molecule has 170 valence electrons. The highest BCUT2D eigenvalue weighted by molar-refractivity contribution is 7.82. The average Bonchev–Trinajstić information content (AvgIpc) is 3.34. The number of aliphatic imine (C=N–C) groups is 1. The smallest absolute Gasteiger partial charge is 0.229 e. The number of nitrogens with one attached hydrogen (secondary N) is 2. The molecule has 0 saturated carbocycles. The van der Waals surface area contributed by atoms with Crippen LogP contribution in [0, 0.1) is 11.8 Å². The summed E-state index contributed by atoms with van der Waals surface area (Å²) in [4.78, 5) is 18.4. The number of hydrogen-bond acceptors (Lipinski definition) is 4. The third-order valence-corrected chi connectivity index (χ3v) is 6.41. The lowest BCUT2D eigenvalue weighted by Crippen LogP contribution is -2.44. The molecule has 2 aromatic carbocycles. The Morgan fingerprint density at radius 1 is 1.03 bits per heavy atom. The van der Waals surface area contributed by atoms with Gasteiger partial charge in [-0.1, -0.05) is 99.6 Å². The highest BCUT2D eigenvalue weighted by Gasteiger charge is 2.31. The maximum atomic E-state index is 13.4. The minimum Gasteiger partial charge on any atom is -0.368 e. The Hall–Kier alpha value is -2.53. The molecule has 2 atom stereocenters. The van der Waals surface area contributed by atoms with Gasteiger partial charge in [-0.15, -0.1) is 0 Å². The standard InChI is InChI=1S/C27H35N3OS/c1-20(2)24(25(32)26-28-18-19-29-26)27(31)30-23(22-15-9-5-10-16-22)17-11-4-8-14-21-12-6-3-7-13-21/h3,5-7,9-10,12-13,15-16,20,23-24H,4,8,11,14,17-19H2,1-2H3,(H,28,29)(H,30,31). The largest absolute Gasteiger partial charge is 0.368 e. The molecule has 4 nitrogen and oxygen atoms in total. The van der Waals surface area contributed by atoms with Crippen molar-refractivity contribution in [2.24, 2.45) is 16.8 Å². The number of unbranched alkanes of at least 4 members (excludes halogenated alkanes) is 2. The van der Waals surface area contributed by atoms with E-state index in [-0.39, 0.29) is 23.8 Å². The normalized spacial score (nSPS) is 15.0. The summed E-state index contributed by atoms with van der Waals surface area (Å²) in [5.41, 5.74) is 2.53. The molecule has 2 unspecified atom stereocenters. The molecule has 1 aliphatic heterocycles. The second-order valence-electron chi connectivity index (χ2n) is 8.80. The fraction of sp³-hybridized carbons (Fsp3) is 0.444. The van der Waals surface area contributed by atoms with E-state index in [4.69, 9.17) is 12.2 Å². The van der Waals surface area contributed by atoms with Crippen molar-refractivity contribution >= 4 is 28.8 Å². The van der Waals surface area contributed by atoms with Crippen molar-refractivity contribution in [3.05, 3.63) is 71.8 Å². The molecule has 0 saturated heterocycles. The molecule has 0 aliphatic carbocycles. The molecule has 32 heavy (non-hydrogen) atoms. The van der Waals surface area contributed by atoms with Crippen molar-refractivity contribution in [2.75, 3.05) is 13.1 Å². The van der Waals surface area contributed by atoms with Crippen LogP contribution in [-0.2, 0) is 11.2 Å². The zero-order valence-corrected chi connectivity index (χ0v) is 20.0. The van der Waals surface area contributed by atoms with Gasteiger partial charge in [-0.05, 0) is 36.3 Å². The molecular weight excluding hydrogens is 414 g/mol. The van der Waals surface area contributed by atoms with Crippen molar-refractivity contribution in [3.63, 3.8) is 0 Å². The summed E-state index contributed by atoms with van der Waals surface area (Å²) in [6.07, 6.45) is 5.38. The van der Waals surface area contributed by atoms with Crippen molar-refractivity contribution in [3.8, 4) is 0 Å². The third-order valence-electron chi connectivity index (χ3n) is 5.96. The molecular formula is C27H35N3OS. The van der Waals surface area contributed by atoms with E-state index in [0.717, 1.165) is 50.8 Å². The van der Waals surface area contributed by atoms with Gasteiger partial charge in [0.15, 0.2) is 0 Å². The van der Waals surface area contributed by atoms with Gasteiger partial charge < -0.3 is 10.6 Å². The number of amidine groups is 1. The van der Waals surface area contributed by atoms with E-state index in [1.165, 1.54) is 5.56 Å². The molecule has 0 spiro atoms. The lowest BCUT2D eigenvalue weighted by atomic mass is 9.89. The summed E-state index contributed by atoms with van der Waals surface area (Å²) in [6, 6.07) is 20.9. The minimum atomic E-state index is -0.362. The minimum absolute atomic E-state index is 0.000427. The van der Waals surface area contributed by atoms with E-state index in [0.29, 0.717) is 10.7 Å². The van der Waals surface area contributed by atoms with E-state index in [1.54, 1.807) is 0 Å². The maximum Gasteiger partial charge on any atom is 0.229 e. The number of benzene rings is 2. The first-order valence-corrected chi connectivity index (χ1v) is 12.2. The van der Waals surface area contributed by atoms with E-state index in [9.17, 15) is 4.79 Å². The Labute approximate surface area is 197 Å². The van der Waals surface area contributed by atoms with E-state index in [2.05, 4.69) is 58.1 Å². The topological polar surface area (TPSA) is 53.5 Å². The van der Waals surface area contributed by atoms with Gasteiger partial charge >= 0.3 is 0 Å². The van der Waals surface area contributed by atoms with E-state index >= 15 is 0 Å². The van der Waals surface area contributed by atoms with Crippen LogP contribution < -0.4 is 10.6 Å². The fourth-order valence-electron chi connectivity index (χ4n) is 4.20. The molecule has 2 aromatic rings. The third kappa shape index (κ3) is 6.99. The Morgan fingerprint density at radius 2 is 1.72 bits per heavy atom. The molecule has 0 aromatic heterocycles. The molecule has 5 heteroatoms. The zero-order chi connectivity index (χ0) is 22.8. The average molecular weight is 450 g/mol. The second-order valence-corrected chi connectivity index (χ2v) is 9.24. The Morgan fingerprint density at radius 3 is 2.34 bits per heavy atom. The highest BCUT2D eigenvalue weighted by atomic mass is 32.1. The lowest BCUT2D eigenvalue weighted by Gasteiger charge is -2.26. The van der Waals surface area contributed by atoms with Crippen LogP contribution in [0.25, 0.3) is 0 Å². The number of carbonyl (C=O) groups is 1.